The van der Waals surface area contributed by atoms with Crippen molar-refractivity contribution in [2.24, 2.45) is 0 Å². The van der Waals surface area contributed by atoms with Crippen LogP contribution in [-0.4, -0.2) is 55.8 Å². The number of rotatable bonds is 3. The molecule has 0 spiro atoms. The number of nitrogens with zero attached hydrogens (tertiary/aromatic N) is 1. The summed E-state index contributed by atoms with van der Waals surface area (Å²) in [5.41, 5.74) is -3.63. The Morgan fingerprint density at radius 3 is 2.64 bits per heavy atom. The molecule has 1 aromatic heterocycles. The van der Waals surface area contributed by atoms with Gasteiger partial charge < -0.3 is 25.0 Å². The van der Waals surface area contributed by atoms with Crippen molar-refractivity contribution in [3.63, 3.8) is 0 Å². The highest BCUT2D eigenvalue weighted by Crippen LogP contribution is 2.37. The minimum absolute atomic E-state index is 0.526. The van der Waals surface area contributed by atoms with Crippen LogP contribution >= 0.6 is 0 Å². The average molecular weight is 357 g/mol. The van der Waals surface area contributed by atoms with Crippen LogP contribution in [0, 0.1) is 0 Å². The van der Waals surface area contributed by atoms with Crippen molar-refractivity contribution < 1.29 is 24.5 Å². The Balaban J connectivity index is 2.40. The standard InChI is InChI=1S/C15H23N3O7/c1-14(2,3)25-13(23)17-15(4)10(21)8(7-19)24-11(15)18-6-5-9(20)16-12(18)22/h5-6,8,10-11,19,21H,7H2,1-4H3,(H,17,23)(H,16,20,22)/t8-,10-,11-,15-/m1/s1. The number of carbonyl (C=O) groups excluding carboxylic acids is 1. The Morgan fingerprint density at radius 2 is 2.12 bits per heavy atom. The molecule has 0 aliphatic carbocycles. The van der Waals surface area contributed by atoms with Crippen LogP contribution in [0.3, 0.4) is 0 Å². The van der Waals surface area contributed by atoms with E-state index in [2.05, 4.69) is 10.3 Å². The van der Waals surface area contributed by atoms with Crippen molar-refractivity contribution in [3.05, 3.63) is 33.1 Å². The highest BCUT2D eigenvalue weighted by Gasteiger charge is 2.55. The van der Waals surface area contributed by atoms with Gasteiger partial charge in [0.15, 0.2) is 6.23 Å². The molecular weight excluding hydrogens is 334 g/mol. The lowest BCUT2D eigenvalue weighted by atomic mass is 9.92. The molecule has 25 heavy (non-hydrogen) atoms. The van der Waals surface area contributed by atoms with E-state index in [4.69, 9.17) is 9.47 Å². The van der Waals surface area contributed by atoms with Gasteiger partial charge in [0, 0.05) is 12.3 Å². The number of aromatic amines is 1. The number of carbonyl (C=O) groups is 1. The molecule has 1 amide bonds. The van der Waals surface area contributed by atoms with E-state index in [-0.39, 0.29) is 0 Å². The zero-order valence-corrected chi connectivity index (χ0v) is 14.5. The number of ether oxygens (including phenoxy) is 2. The molecule has 1 fully saturated rings. The van der Waals surface area contributed by atoms with Crippen molar-refractivity contribution >= 4 is 6.09 Å². The summed E-state index contributed by atoms with van der Waals surface area (Å²) in [5, 5.41) is 22.4. The molecule has 2 rings (SSSR count). The quantitative estimate of drug-likeness (QED) is 0.547. The van der Waals surface area contributed by atoms with Gasteiger partial charge in [-0.05, 0) is 27.7 Å². The van der Waals surface area contributed by atoms with Gasteiger partial charge in [0.05, 0.1) is 6.61 Å². The fourth-order valence-electron chi connectivity index (χ4n) is 2.68. The van der Waals surface area contributed by atoms with Crippen LogP contribution in [-0.2, 0) is 9.47 Å². The molecule has 140 valence electrons. The Labute approximate surface area is 143 Å². The molecule has 1 saturated heterocycles. The van der Waals surface area contributed by atoms with Crippen LogP contribution in [0.5, 0.6) is 0 Å². The first kappa shape index (κ1) is 19.2. The zero-order valence-electron chi connectivity index (χ0n) is 14.5. The maximum atomic E-state index is 12.2. The highest BCUT2D eigenvalue weighted by molar-refractivity contribution is 5.69. The van der Waals surface area contributed by atoms with E-state index in [0.29, 0.717) is 0 Å². The summed E-state index contributed by atoms with van der Waals surface area (Å²) in [5.74, 6) is 0. The molecular formula is C15H23N3O7. The maximum Gasteiger partial charge on any atom is 0.408 e. The van der Waals surface area contributed by atoms with Gasteiger partial charge in [0.2, 0.25) is 0 Å². The van der Waals surface area contributed by atoms with Crippen LogP contribution in [0.1, 0.15) is 33.9 Å². The largest absolute Gasteiger partial charge is 0.444 e. The smallest absolute Gasteiger partial charge is 0.408 e. The van der Waals surface area contributed by atoms with Crippen LogP contribution in [0.4, 0.5) is 4.79 Å². The van der Waals surface area contributed by atoms with Crippen LogP contribution in [0.25, 0.3) is 0 Å². The van der Waals surface area contributed by atoms with Gasteiger partial charge in [-0.15, -0.1) is 0 Å². The van der Waals surface area contributed by atoms with E-state index in [0.717, 1.165) is 10.6 Å². The van der Waals surface area contributed by atoms with Crippen LogP contribution in [0.2, 0.25) is 0 Å². The summed E-state index contributed by atoms with van der Waals surface area (Å²) in [6, 6.07) is 1.11. The van der Waals surface area contributed by atoms with Crippen molar-refractivity contribution in [2.45, 2.75) is 57.3 Å². The van der Waals surface area contributed by atoms with Crippen molar-refractivity contribution in [3.8, 4) is 0 Å². The number of hydrogen-bond acceptors (Lipinski definition) is 7. The Kier molecular flexibility index (Phi) is 5.07. The average Bonchev–Trinajstić information content (AvgIpc) is 2.69. The lowest BCUT2D eigenvalue weighted by molar-refractivity contribution is -0.0506. The maximum absolute atomic E-state index is 12.2. The summed E-state index contributed by atoms with van der Waals surface area (Å²) in [6.07, 6.45) is -3.17. The Hall–Kier alpha value is -2.17. The molecule has 10 heteroatoms. The summed E-state index contributed by atoms with van der Waals surface area (Å²) >= 11 is 0. The number of nitrogens with one attached hydrogen (secondary N) is 2. The molecule has 4 N–H and O–H groups in total. The third-order valence-corrected chi connectivity index (χ3v) is 3.84. The van der Waals surface area contributed by atoms with Crippen LogP contribution < -0.4 is 16.6 Å². The fraction of sp³-hybridized carbons (Fsp3) is 0.667. The third-order valence-electron chi connectivity index (χ3n) is 3.84. The topological polar surface area (TPSA) is 143 Å². The zero-order chi connectivity index (χ0) is 19.0. The van der Waals surface area contributed by atoms with Gasteiger partial charge in [0.25, 0.3) is 5.56 Å². The predicted octanol–water partition coefficient (Wildman–Crippen LogP) is -0.929. The van der Waals surface area contributed by atoms with E-state index in [1.807, 2.05) is 0 Å². The number of H-pyrrole nitrogens is 1. The first-order chi connectivity index (χ1) is 11.5. The lowest BCUT2D eigenvalue weighted by Crippen LogP contribution is -2.59. The molecule has 2 heterocycles. The molecule has 1 aliphatic rings. The molecule has 1 aliphatic heterocycles. The normalized spacial score (nSPS) is 29.4. The van der Waals surface area contributed by atoms with E-state index in [1.54, 1.807) is 20.8 Å². The molecule has 0 aromatic carbocycles. The van der Waals surface area contributed by atoms with Crippen LogP contribution in [0.15, 0.2) is 21.9 Å². The number of hydrogen-bond donors (Lipinski definition) is 4. The van der Waals surface area contributed by atoms with Gasteiger partial charge in [0.1, 0.15) is 23.3 Å². The van der Waals surface area contributed by atoms with Gasteiger partial charge in [-0.2, -0.15) is 0 Å². The van der Waals surface area contributed by atoms with Crippen molar-refractivity contribution in [2.75, 3.05) is 6.61 Å². The van der Waals surface area contributed by atoms with Gasteiger partial charge in [-0.3, -0.25) is 14.3 Å². The second-order valence-corrected chi connectivity index (χ2v) is 7.08. The van der Waals surface area contributed by atoms with Crippen molar-refractivity contribution in [1.82, 2.24) is 14.9 Å². The van der Waals surface area contributed by atoms with E-state index < -0.39 is 53.5 Å². The second-order valence-electron chi connectivity index (χ2n) is 7.08. The SMILES string of the molecule is CC(C)(C)OC(=O)N[C@]1(C)[C@H](O)[C@@H](CO)O[C@H]1n1ccc(=O)[nH]c1=O. The fourth-order valence-corrected chi connectivity index (χ4v) is 2.68. The van der Waals surface area contributed by atoms with Gasteiger partial charge >= 0.3 is 11.8 Å². The van der Waals surface area contributed by atoms with Gasteiger partial charge in [-0.1, -0.05) is 0 Å². The summed E-state index contributed by atoms with van der Waals surface area (Å²) in [7, 11) is 0. The summed E-state index contributed by atoms with van der Waals surface area (Å²) in [4.78, 5) is 37.6. The van der Waals surface area contributed by atoms with Gasteiger partial charge in [-0.25, -0.2) is 9.59 Å². The van der Waals surface area contributed by atoms with E-state index >= 15 is 0 Å². The monoisotopic (exact) mass is 357 g/mol. The first-order valence-corrected chi connectivity index (χ1v) is 7.75. The van der Waals surface area contributed by atoms with E-state index in [9.17, 15) is 24.6 Å². The number of aliphatic hydroxyl groups is 2. The molecule has 10 nitrogen and oxygen atoms in total. The Bertz CT molecular complexity index is 750. The number of aliphatic hydroxyl groups excluding tert-OH is 2. The first-order valence-electron chi connectivity index (χ1n) is 7.75. The molecule has 1 aromatic rings. The Morgan fingerprint density at radius 1 is 1.48 bits per heavy atom. The molecule has 4 atom stereocenters. The minimum Gasteiger partial charge on any atom is -0.444 e. The molecule has 0 bridgehead atoms. The van der Waals surface area contributed by atoms with Crippen molar-refractivity contribution in [1.29, 1.82) is 0 Å². The van der Waals surface area contributed by atoms with E-state index in [1.165, 1.54) is 13.1 Å². The molecule has 0 saturated carbocycles. The minimum atomic E-state index is -1.49. The number of alkyl carbamates (subject to hydrolysis) is 1. The molecule has 0 unspecified atom stereocenters. The molecule has 0 radical (unpaired) electrons. The number of amides is 1. The predicted molar refractivity (Wildman–Crippen MR) is 86.1 cm³/mol. The summed E-state index contributed by atoms with van der Waals surface area (Å²) in [6.45, 7) is 5.96. The summed E-state index contributed by atoms with van der Waals surface area (Å²) < 4.78 is 11.8. The lowest BCUT2D eigenvalue weighted by Gasteiger charge is -2.34. The third kappa shape index (κ3) is 3.91. The second kappa shape index (κ2) is 6.62. The highest BCUT2D eigenvalue weighted by atomic mass is 16.6. The number of aromatic nitrogens is 2.